The molecule has 0 aromatic carbocycles. The number of carbonyl (C=O) groups excluding carboxylic acids is 2. The molecular formula is C17H25N5O3. The minimum atomic E-state index is -0.413. The fourth-order valence-electron chi connectivity index (χ4n) is 3.35. The summed E-state index contributed by atoms with van der Waals surface area (Å²) < 4.78 is 5.27. The highest BCUT2D eigenvalue weighted by atomic mass is 16.5. The Labute approximate surface area is 147 Å². The number of anilines is 1. The first-order valence-corrected chi connectivity index (χ1v) is 8.79. The number of rotatable bonds is 4. The fraction of sp³-hybridized carbons (Fsp3) is 0.647. The topological polar surface area (TPSA) is 78.9 Å². The van der Waals surface area contributed by atoms with E-state index in [9.17, 15) is 9.59 Å². The molecule has 0 N–H and O–H groups in total. The summed E-state index contributed by atoms with van der Waals surface area (Å²) in [5.74, 6) is 0.774. The van der Waals surface area contributed by atoms with Crippen LogP contribution in [-0.4, -0.2) is 84.1 Å². The van der Waals surface area contributed by atoms with Crippen molar-refractivity contribution in [3.63, 3.8) is 0 Å². The number of aromatic nitrogens is 2. The van der Waals surface area contributed by atoms with Crippen LogP contribution in [0.1, 0.15) is 19.3 Å². The molecule has 0 bridgehead atoms. The average molecular weight is 347 g/mol. The lowest BCUT2D eigenvalue weighted by molar-refractivity contribution is -0.146. The summed E-state index contributed by atoms with van der Waals surface area (Å²) in [6, 6.07) is 0. The summed E-state index contributed by atoms with van der Waals surface area (Å²) in [6.45, 7) is 3.47. The second-order valence-corrected chi connectivity index (χ2v) is 6.41. The maximum absolute atomic E-state index is 12.6. The second-order valence-electron chi connectivity index (χ2n) is 6.41. The van der Waals surface area contributed by atoms with Gasteiger partial charge < -0.3 is 19.4 Å². The van der Waals surface area contributed by atoms with Gasteiger partial charge in [0.15, 0.2) is 0 Å². The lowest BCUT2D eigenvalue weighted by Gasteiger charge is -2.36. The summed E-state index contributed by atoms with van der Waals surface area (Å²) in [5.41, 5.74) is 0. The average Bonchev–Trinajstić information content (AvgIpc) is 2.84. The minimum Gasteiger partial charge on any atom is -0.372 e. The van der Waals surface area contributed by atoms with Crippen LogP contribution in [0.25, 0.3) is 0 Å². The van der Waals surface area contributed by atoms with Crippen molar-refractivity contribution >= 4 is 17.6 Å². The summed E-state index contributed by atoms with van der Waals surface area (Å²) >= 11 is 0. The third-order valence-corrected chi connectivity index (χ3v) is 4.85. The van der Waals surface area contributed by atoms with E-state index in [1.807, 2.05) is 4.90 Å². The molecule has 3 heterocycles. The van der Waals surface area contributed by atoms with Gasteiger partial charge in [0.05, 0.1) is 12.7 Å². The van der Waals surface area contributed by atoms with Crippen molar-refractivity contribution in [1.82, 2.24) is 19.8 Å². The van der Waals surface area contributed by atoms with Crippen LogP contribution < -0.4 is 4.90 Å². The Kier molecular flexibility index (Phi) is 5.80. The predicted octanol–water partition coefficient (Wildman–Crippen LogP) is 0.153. The van der Waals surface area contributed by atoms with E-state index in [0.29, 0.717) is 19.6 Å². The van der Waals surface area contributed by atoms with Crippen molar-refractivity contribution in [2.45, 2.75) is 25.4 Å². The van der Waals surface area contributed by atoms with E-state index in [-0.39, 0.29) is 18.4 Å². The zero-order valence-corrected chi connectivity index (χ0v) is 14.6. The Bertz CT molecular complexity index is 589. The molecule has 136 valence electrons. The quantitative estimate of drug-likeness (QED) is 0.772. The Morgan fingerprint density at radius 2 is 2.00 bits per heavy atom. The highest BCUT2D eigenvalue weighted by molar-refractivity contribution is 5.87. The van der Waals surface area contributed by atoms with Gasteiger partial charge in [-0.25, -0.2) is 4.98 Å². The van der Waals surface area contributed by atoms with Crippen LogP contribution in [0.15, 0.2) is 18.6 Å². The molecule has 8 nitrogen and oxygen atoms in total. The SMILES string of the molecule is COC1CCCCN(CC(=O)N2CCN(c3cnccn3)CC2)C1=O. The Morgan fingerprint density at radius 3 is 2.68 bits per heavy atom. The van der Waals surface area contributed by atoms with Crippen LogP contribution in [0.3, 0.4) is 0 Å². The van der Waals surface area contributed by atoms with Crippen molar-refractivity contribution < 1.29 is 14.3 Å². The number of carbonyl (C=O) groups is 2. The van der Waals surface area contributed by atoms with Gasteiger partial charge in [0.25, 0.3) is 5.91 Å². The zero-order valence-electron chi connectivity index (χ0n) is 14.6. The minimum absolute atomic E-state index is 0.00361. The molecule has 0 radical (unpaired) electrons. The molecule has 2 fully saturated rings. The van der Waals surface area contributed by atoms with Crippen LogP contribution in [0, 0.1) is 0 Å². The standard InChI is InChI=1S/C17H25N5O3/c1-25-14-4-2-3-7-22(17(14)24)13-16(23)21-10-8-20(9-11-21)15-12-18-5-6-19-15/h5-6,12,14H,2-4,7-11,13H2,1H3. The smallest absolute Gasteiger partial charge is 0.252 e. The van der Waals surface area contributed by atoms with Gasteiger partial charge >= 0.3 is 0 Å². The van der Waals surface area contributed by atoms with Crippen molar-refractivity contribution in [3.05, 3.63) is 18.6 Å². The van der Waals surface area contributed by atoms with Gasteiger partial charge in [-0.2, -0.15) is 0 Å². The number of amides is 2. The molecule has 25 heavy (non-hydrogen) atoms. The first-order valence-electron chi connectivity index (χ1n) is 8.79. The largest absolute Gasteiger partial charge is 0.372 e. The van der Waals surface area contributed by atoms with Gasteiger partial charge in [0.1, 0.15) is 11.9 Å². The molecule has 0 saturated carbocycles. The second kappa shape index (κ2) is 8.24. The highest BCUT2D eigenvalue weighted by Crippen LogP contribution is 2.16. The van der Waals surface area contributed by atoms with Gasteiger partial charge in [-0.3, -0.25) is 14.6 Å². The molecule has 2 aliphatic rings. The number of methoxy groups -OCH3 is 1. The predicted molar refractivity (Wildman–Crippen MR) is 92.1 cm³/mol. The normalized spacial score (nSPS) is 22.0. The summed E-state index contributed by atoms with van der Waals surface area (Å²) in [6.07, 6.45) is 7.24. The molecule has 1 unspecified atom stereocenters. The van der Waals surface area contributed by atoms with Crippen LogP contribution in [0.2, 0.25) is 0 Å². The molecule has 3 rings (SSSR count). The van der Waals surface area contributed by atoms with Crippen LogP contribution >= 0.6 is 0 Å². The van der Waals surface area contributed by atoms with E-state index in [1.165, 1.54) is 0 Å². The van der Waals surface area contributed by atoms with Gasteiger partial charge in [-0.15, -0.1) is 0 Å². The van der Waals surface area contributed by atoms with Gasteiger partial charge in [0, 0.05) is 52.2 Å². The van der Waals surface area contributed by atoms with E-state index >= 15 is 0 Å². The molecule has 8 heteroatoms. The van der Waals surface area contributed by atoms with E-state index in [0.717, 1.165) is 38.2 Å². The lowest BCUT2D eigenvalue weighted by Crippen LogP contribution is -2.52. The Hall–Kier alpha value is -2.22. The molecule has 2 amide bonds. The molecule has 2 saturated heterocycles. The van der Waals surface area contributed by atoms with Crippen molar-refractivity contribution in [3.8, 4) is 0 Å². The molecule has 1 aromatic heterocycles. The maximum Gasteiger partial charge on any atom is 0.252 e. The van der Waals surface area contributed by atoms with Gasteiger partial charge in [-0.05, 0) is 19.3 Å². The number of likely N-dealkylation sites (tertiary alicyclic amines) is 1. The molecule has 0 aliphatic carbocycles. The van der Waals surface area contributed by atoms with Crippen molar-refractivity contribution in [2.75, 3.05) is 51.3 Å². The van der Waals surface area contributed by atoms with Crippen molar-refractivity contribution in [1.29, 1.82) is 0 Å². The number of ether oxygens (including phenoxy) is 1. The molecule has 2 aliphatic heterocycles. The fourth-order valence-corrected chi connectivity index (χ4v) is 3.35. The van der Waals surface area contributed by atoms with Gasteiger partial charge in [-0.1, -0.05) is 0 Å². The number of piperazine rings is 1. The summed E-state index contributed by atoms with van der Waals surface area (Å²) in [4.78, 5) is 39.0. The summed E-state index contributed by atoms with van der Waals surface area (Å²) in [7, 11) is 1.56. The number of hydrogen-bond donors (Lipinski definition) is 0. The van der Waals surface area contributed by atoms with Crippen LogP contribution in [0.5, 0.6) is 0 Å². The first-order chi connectivity index (χ1) is 12.2. The third-order valence-electron chi connectivity index (χ3n) is 4.85. The third kappa shape index (κ3) is 4.25. The first kappa shape index (κ1) is 17.6. The number of hydrogen-bond acceptors (Lipinski definition) is 6. The van der Waals surface area contributed by atoms with Crippen LogP contribution in [0.4, 0.5) is 5.82 Å². The summed E-state index contributed by atoms with van der Waals surface area (Å²) in [5, 5.41) is 0. The monoisotopic (exact) mass is 347 g/mol. The van der Waals surface area contributed by atoms with Gasteiger partial charge in [0.2, 0.25) is 5.91 Å². The van der Waals surface area contributed by atoms with Crippen LogP contribution in [-0.2, 0) is 14.3 Å². The Morgan fingerprint density at radius 1 is 1.20 bits per heavy atom. The molecular weight excluding hydrogens is 322 g/mol. The van der Waals surface area contributed by atoms with E-state index in [4.69, 9.17) is 4.74 Å². The highest BCUT2D eigenvalue weighted by Gasteiger charge is 2.30. The molecule has 1 aromatic rings. The van der Waals surface area contributed by atoms with E-state index in [2.05, 4.69) is 14.9 Å². The van der Waals surface area contributed by atoms with E-state index < -0.39 is 6.10 Å². The zero-order chi connectivity index (χ0) is 17.6. The maximum atomic E-state index is 12.6. The molecule has 0 spiro atoms. The van der Waals surface area contributed by atoms with E-state index in [1.54, 1.807) is 30.6 Å². The Balaban J connectivity index is 1.53. The lowest BCUT2D eigenvalue weighted by atomic mass is 10.2. The molecule has 1 atom stereocenters. The van der Waals surface area contributed by atoms with Crippen molar-refractivity contribution in [2.24, 2.45) is 0 Å². The number of nitrogens with zero attached hydrogens (tertiary/aromatic N) is 5.